The van der Waals surface area contributed by atoms with Gasteiger partial charge in [0.15, 0.2) is 5.69 Å². The lowest BCUT2D eigenvalue weighted by molar-refractivity contribution is -0.141. The van der Waals surface area contributed by atoms with Crippen molar-refractivity contribution in [3.05, 3.63) is 18.0 Å². The maximum absolute atomic E-state index is 12.2. The summed E-state index contributed by atoms with van der Waals surface area (Å²) in [6, 6.07) is 1.10. The summed E-state index contributed by atoms with van der Waals surface area (Å²) < 4.78 is 38.1. The van der Waals surface area contributed by atoms with Crippen molar-refractivity contribution < 1.29 is 13.2 Å². The van der Waals surface area contributed by atoms with Gasteiger partial charge in [0.25, 0.3) is 0 Å². The van der Waals surface area contributed by atoms with Crippen molar-refractivity contribution in [2.75, 3.05) is 6.54 Å². The minimum Gasteiger partial charge on any atom is -0.312 e. The van der Waals surface area contributed by atoms with Crippen LogP contribution in [0, 0.1) is 0 Å². The molecule has 1 unspecified atom stereocenters. The minimum absolute atomic E-state index is 0.112. The van der Waals surface area contributed by atoms with Gasteiger partial charge in [-0.2, -0.15) is 18.3 Å². The van der Waals surface area contributed by atoms with Crippen LogP contribution < -0.4 is 5.32 Å². The fourth-order valence-corrected chi connectivity index (χ4v) is 1.35. The SMILES string of the molecule is CCCNC(C)Cn1ccc(C(F)(F)F)n1. The standard InChI is InChI=1S/C10H16F3N3/c1-3-5-14-8(2)7-16-6-4-9(15-16)10(11,12)13/h4,6,8,14H,3,5,7H2,1-2H3. The van der Waals surface area contributed by atoms with Crippen LogP contribution in [-0.2, 0) is 12.7 Å². The van der Waals surface area contributed by atoms with E-state index in [1.54, 1.807) is 0 Å². The molecule has 0 saturated heterocycles. The third-order valence-electron chi connectivity index (χ3n) is 2.13. The van der Waals surface area contributed by atoms with E-state index < -0.39 is 11.9 Å². The summed E-state index contributed by atoms with van der Waals surface area (Å²) in [6.07, 6.45) is -2.00. The maximum Gasteiger partial charge on any atom is 0.435 e. The third kappa shape index (κ3) is 3.84. The van der Waals surface area contributed by atoms with Gasteiger partial charge >= 0.3 is 6.18 Å². The van der Waals surface area contributed by atoms with E-state index in [1.165, 1.54) is 10.9 Å². The van der Waals surface area contributed by atoms with Crippen LogP contribution in [0.15, 0.2) is 12.3 Å². The molecule has 1 aromatic rings. The van der Waals surface area contributed by atoms with Crippen molar-refractivity contribution in [3.63, 3.8) is 0 Å². The predicted molar refractivity (Wildman–Crippen MR) is 55.0 cm³/mol. The second kappa shape index (κ2) is 5.34. The average Bonchev–Trinajstić information content (AvgIpc) is 2.62. The van der Waals surface area contributed by atoms with Gasteiger partial charge in [-0.05, 0) is 26.0 Å². The van der Waals surface area contributed by atoms with Crippen LogP contribution in [-0.4, -0.2) is 22.4 Å². The zero-order valence-corrected chi connectivity index (χ0v) is 9.38. The highest BCUT2D eigenvalue weighted by atomic mass is 19.4. The Hall–Kier alpha value is -1.04. The van der Waals surface area contributed by atoms with Crippen LogP contribution in [0.2, 0.25) is 0 Å². The second-order valence-corrected chi connectivity index (χ2v) is 3.78. The van der Waals surface area contributed by atoms with E-state index in [-0.39, 0.29) is 6.04 Å². The van der Waals surface area contributed by atoms with E-state index in [4.69, 9.17) is 0 Å². The van der Waals surface area contributed by atoms with Crippen LogP contribution in [0.3, 0.4) is 0 Å². The average molecular weight is 235 g/mol. The van der Waals surface area contributed by atoms with Gasteiger partial charge in [0.05, 0.1) is 6.54 Å². The number of rotatable bonds is 5. The molecule has 1 rings (SSSR count). The Balaban J connectivity index is 2.52. The van der Waals surface area contributed by atoms with Gasteiger partial charge in [-0.3, -0.25) is 4.68 Å². The summed E-state index contributed by atoms with van der Waals surface area (Å²) in [4.78, 5) is 0. The number of aromatic nitrogens is 2. The molecule has 1 atom stereocenters. The quantitative estimate of drug-likeness (QED) is 0.848. The molecular formula is C10H16F3N3. The Morgan fingerprint density at radius 1 is 1.50 bits per heavy atom. The number of nitrogens with zero attached hydrogens (tertiary/aromatic N) is 2. The molecule has 0 radical (unpaired) electrons. The van der Waals surface area contributed by atoms with Crippen LogP contribution in [0.1, 0.15) is 26.0 Å². The Bertz CT molecular complexity index is 319. The van der Waals surface area contributed by atoms with Crippen LogP contribution >= 0.6 is 0 Å². The van der Waals surface area contributed by atoms with Gasteiger partial charge in [0.1, 0.15) is 0 Å². The van der Waals surface area contributed by atoms with E-state index in [1.807, 2.05) is 13.8 Å². The Kier molecular flexibility index (Phi) is 4.35. The second-order valence-electron chi connectivity index (χ2n) is 3.78. The smallest absolute Gasteiger partial charge is 0.312 e. The van der Waals surface area contributed by atoms with Crippen molar-refractivity contribution in [2.24, 2.45) is 0 Å². The molecule has 0 aliphatic rings. The maximum atomic E-state index is 12.2. The summed E-state index contributed by atoms with van der Waals surface area (Å²) in [7, 11) is 0. The Labute approximate surface area is 92.6 Å². The summed E-state index contributed by atoms with van der Waals surface area (Å²) in [5.74, 6) is 0. The third-order valence-corrected chi connectivity index (χ3v) is 2.13. The van der Waals surface area contributed by atoms with E-state index in [0.717, 1.165) is 19.0 Å². The largest absolute Gasteiger partial charge is 0.435 e. The summed E-state index contributed by atoms with van der Waals surface area (Å²) in [5, 5.41) is 6.67. The van der Waals surface area contributed by atoms with Crippen molar-refractivity contribution in [3.8, 4) is 0 Å². The summed E-state index contributed by atoms with van der Waals surface area (Å²) in [6.45, 7) is 5.25. The van der Waals surface area contributed by atoms with Gasteiger partial charge in [0, 0.05) is 12.2 Å². The zero-order valence-electron chi connectivity index (χ0n) is 9.38. The lowest BCUT2D eigenvalue weighted by Gasteiger charge is -2.12. The van der Waals surface area contributed by atoms with Gasteiger partial charge in [0.2, 0.25) is 0 Å². The van der Waals surface area contributed by atoms with Crippen molar-refractivity contribution >= 4 is 0 Å². The number of halogens is 3. The molecule has 1 heterocycles. The lowest BCUT2D eigenvalue weighted by Crippen LogP contribution is -2.31. The van der Waals surface area contributed by atoms with Crippen LogP contribution in [0.25, 0.3) is 0 Å². The molecule has 0 aliphatic heterocycles. The van der Waals surface area contributed by atoms with Crippen molar-refractivity contribution in [1.29, 1.82) is 0 Å². The highest BCUT2D eigenvalue weighted by Crippen LogP contribution is 2.27. The molecule has 1 N–H and O–H groups in total. The molecule has 0 aromatic carbocycles. The molecule has 0 saturated carbocycles. The fraction of sp³-hybridized carbons (Fsp3) is 0.700. The topological polar surface area (TPSA) is 29.9 Å². The first-order valence-electron chi connectivity index (χ1n) is 5.27. The monoisotopic (exact) mass is 235 g/mol. The molecular weight excluding hydrogens is 219 g/mol. The molecule has 0 amide bonds. The summed E-state index contributed by atoms with van der Waals surface area (Å²) in [5.41, 5.74) is -0.838. The number of hydrogen-bond donors (Lipinski definition) is 1. The van der Waals surface area contributed by atoms with E-state index >= 15 is 0 Å². The highest BCUT2D eigenvalue weighted by Gasteiger charge is 2.33. The molecule has 3 nitrogen and oxygen atoms in total. The van der Waals surface area contributed by atoms with E-state index in [0.29, 0.717) is 6.54 Å². The summed E-state index contributed by atoms with van der Waals surface area (Å²) >= 11 is 0. The van der Waals surface area contributed by atoms with Crippen LogP contribution in [0.5, 0.6) is 0 Å². The van der Waals surface area contributed by atoms with Crippen molar-refractivity contribution in [1.82, 2.24) is 15.1 Å². The van der Waals surface area contributed by atoms with Crippen molar-refractivity contribution in [2.45, 2.75) is 39.0 Å². The first kappa shape index (κ1) is 13.0. The number of hydrogen-bond acceptors (Lipinski definition) is 2. The van der Waals surface area contributed by atoms with Gasteiger partial charge < -0.3 is 5.32 Å². The molecule has 0 spiro atoms. The molecule has 0 bridgehead atoms. The fourth-order valence-electron chi connectivity index (χ4n) is 1.35. The molecule has 6 heteroatoms. The molecule has 92 valence electrons. The lowest BCUT2D eigenvalue weighted by atomic mass is 10.3. The molecule has 16 heavy (non-hydrogen) atoms. The normalized spacial score (nSPS) is 14.1. The Morgan fingerprint density at radius 2 is 2.19 bits per heavy atom. The molecule has 0 fully saturated rings. The van der Waals surface area contributed by atoms with Gasteiger partial charge in [-0.1, -0.05) is 6.92 Å². The van der Waals surface area contributed by atoms with Gasteiger partial charge in [-0.15, -0.1) is 0 Å². The predicted octanol–water partition coefficient (Wildman–Crippen LogP) is 2.29. The highest BCUT2D eigenvalue weighted by molar-refractivity contribution is 5.03. The van der Waals surface area contributed by atoms with E-state index in [9.17, 15) is 13.2 Å². The van der Waals surface area contributed by atoms with E-state index in [2.05, 4.69) is 10.4 Å². The molecule has 0 aliphatic carbocycles. The molecule has 1 aromatic heterocycles. The first-order valence-corrected chi connectivity index (χ1v) is 5.27. The minimum atomic E-state index is -4.36. The number of alkyl halides is 3. The zero-order chi connectivity index (χ0) is 12.2. The van der Waals surface area contributed by atoms with Crippen LogP contribution in [0.4, 0.5) is 13.2 Å². The first-order chi connectivity index (χ1) is 7.43. The van der Waals surface area contributed by atoms with Gasteiger partial charge in [-0.25, -0.2) is 0 Å². The number of nitrogens with one attached hydrogen (secondary N) is 1. The Morgan fingerprint density at radius 3 is 2.69 bits per heavy atom.